The van der Waals surface area contributed by atoms with E-state index >= 15 is 0 Å². The summed E-state index contributed by atoms with van der Waals surface area (Å²) < 4.78 is 5.26. The second-order valence-electron chi connectivity index (χ2n) is 3.37. The molecule has 1 amide bonds. The zero-order valence-corrected chi connectivity index (χ0v) is 9.30. The Bertz CT molecular complexity index is 434. The largest absolute Gasteiger partial charge is 0.493 e. The van der Waals surface area contributed by atoms with Gasteiger partial charge in [0.05, 0.1) is 18.0 Å². The molecule has 17 heavy (non-hydrogen) atoms. The molecule has 0 atom stereocenters. The third-order valence-electron chi connectivity index (χ3n) is 2.12. The van der Waals surface area contributed by atoms with Crippen LogP contribution in [-0.2, 0) is 4.79 Å². The van der Waals surface area contributed by atoms with Crippen molar-refractivity contribution in [1.82, 2.24) is 5.43 Å². The molecule has 3 N–H and O–H groups in total. The average Bonchev–Trinajstić information content (AvgIpc) is 2.28. The first-order valence-electron chi connectivity index (χ1n) is 4.92. The van der Waals surface area contributed by atoms with Gasteiger partial charge in [-0.3, -0.25) is 20.3 Å². The van der Waals surface area contributed by atoms with Crippen LogP contribution in [0.25, 0.3) is 0 Å². The molecule has 0 radical (unpaired) electrons. The first kappa shape index (κ1) is 12.9. The number of nitrogens with zero attached hydrogens (tertiary/aromatic N) is 1. The van der Waals surface area contributed by atoms with E-state index in [2.05, 4.69) is 0 Å². The van der Waals surface area contributed by atoms with Crippen molar-refractivity contribution in [3.8, 4) is 5.75 Å². The van der Waals surface area contributed by atoms with Gasteiger partial charge in [0, 0.05) is 11.6 Å². The van der Waals surface area contributed by atoms with Gasteiger partial charge in [-0.15, -0.1) is 0 Å². The number of nitrogens with one attached hydrogen (secondary N) is 1. The number of carbonyl (C=O) groups excluding carboxylic acids is 1. The smallest absolute Gasteiger partial charge is 0.272 e. The highest BCUT2D eigenvalue weighted by Gasteiger charge is 2.10. The molecule has 1 aromatic rings. The Hall–Kier alpha value is -2.15. The van der Waals surface area contributed by atoms with Crippen LogP contribution >= 0.6 is 0 Å². The van der Waals surface area contributed by atoms with E-state index < -0.39 is 4.92 Å². The molecule has 0 saturated carbocycles. The van der Waals surface area contributed by atoms with Crippen LogP contribution in [0.3, 0.4) is 0 Å². The Morgan fingerprint density at radius 2 is 2.29 bits per heavy atom. The Morgan fingerprint density at radius 3 is 2.82 bits per heavy atom. The van der Waals surface area contributed by atoms with Crippen LogP contribution in [0.4, 0.5) is 5.69 Å². The van der Waals surface area contributed by atoms with Gasteiger partial charge < -0.3 is 4.74 Å². The molecule has 92 valence electrons. The van der Waals surface area contributed by atoms with Gasteiger partial charge in [-0.25, -0.2) is 5.84 Å². The van der Waals surface area contributed by atoms with Gasteiger partial charge in [0.1, 0.15) is 5.75 Å². The summed E-state index contributed by atoms with van der Waals surface area (Å²) in [5, 5.41) is 10.6. The maximum Gasteiger partial charge on any atom is 0.272 e. The molecule has 7 nitrogen and oxygen atoms in total. The predicted octanol–water partition coefficient (Wildman–Crippen LogP) is 0.662. The summed E-state index contributed by atoms with van der Waals surface area (Å²) in [5.41, 5.74) is 2.53. The van der Waals surface area contributed by atoms with E-state index in [1.165, 1.54) is 12.1 Å². The number of hydrazine groups is 1. The van der Waals surface area contributed by atoms with Gasteiger partial charge in [0.2, 0.25) is 5.91 Å². The number of carbonyl (C=O) groups is 1. The topological polar surface area (TPSA) is 107 Å². The monoisotopic (exact) mass is 239 g/mol. The molecule has 0 aliphatic rings. The van der Waals surface area contributed by atoms with Crippen molar-refractivity contribution in [3.63, 3.8) is 0 Å². The molecule has 7 heteroatoms. The molecule has 0 heterocycles. The summed E-state index contributed by atoms with van der Waals surface area (Å²) in [6.07, 6.45) is 0.131. The third-order valence-corrected chi connectivity index (χ3v) is 2.12. The average molecular weight is 239 g/mol. The van der Waals surface area contributed by atoms with E-state index in [0.717, 1.165) is 0 Å². The van der Waals surface area contributed by atoms with Crippen molar-refractivity contribution in [2.75, 3.05) is 6.61 Å². The van der Waals surface area contributed by atoms with E-state index in [-0.39, 0.29) is 24.6 Å². The molecular weight excluding hydrogens is 226 g/mol. The Balaban J connectivity index is 2.59. The zero-order valence-electron chi connectivity index (χ0n) is 9.30. The number of benzene rings is 1. The van der Waals surface area contributed by atoms with E-state index in [1.54, 1.807) is 13.0 Å². The standard InChI is InChI=1S/C10H13N3O4/c1-7-6-8(2-3-9(7)13(15)16)17-5-4-10(14)12-11/h2-3,6H,4-5,11H2,1H3,(H,12,14). The number of nitro groups is 1. The van der Waals surface area contributed by atoms with Crippen molar-refractivity contribution in [3.05, 3.63) is 33.9 Å². The number of hydrogen-bond donors (Lipinski definition) is 2. The molecule has 0 saturated heterocycles. The summed E-state index contributed by atoms with van der Waals surface area (Å²) in [5.74, 6) is 5.05. The summed E-state index contributed by atoms with van der Waals surface area (Å²) in [6, 6.07) is 4.41. The number of ether oxygens (including phenoxy) is 1. The van der Waals surface area contributed by atoms with Crippen LogP contribution in [-0.4, -0.2) is 17.4 Å². The van der Waals surface area contributed by atoms with Gasteiger partial charge in [0.15, 0.2) is 0 Å². The molecule has 0 aliphatic heterocycles. The van der Waals surface area contributed by atoms with Gasteiger partial charge >= 0.3 is 0 Å². The summed E-state index contributed by atoms with van der Waals surface area (Å²) in [4.78, 5) is 20.9. The number of rotatable bonds is 5. The Kier molecular flexibility index (Phi) is 4.41. The fraction of sp³-hybridized carbons (Fsp3) is 0.300. The third kappa shape index (κ3) is 3.72. The van der Waals surface area contributed by atoms with E-state index in [1.807, 2.05) is 5.43 Å². The van der Waals surface area contributed by atoms with E-state index in [9.17, 15) is 14.9 Å². The Morgan fingerprint density at radius 1 is 1.59 bits per heavy atom. The quantitative estimate of drug-likeness (QED) is 0.339. The van der Waals surface area contributed by atoms with Crippen molar-refractivity contribution in [2.45, 2.75) is 13.3 Å². The minimum atomic E-state index is -0.457. The van der Waals surface area contributed by atoms with Gasteiger partial charge in [-0.2, -0.15) is 0 Å². The molecule has 1 aromatic carbocycles. The number of hydrogen-bond acceptors (Lipinski definition) is 5. The molecule has 0 aromatic heterocycles. The van der Waals surface area contributed by atoms with Crippen LogP contribution < -0.4 is 16.0 Å². The van der Waals surface area contributed by atoms with Crippen molar-refractivity contribution in [2.24, 2.45) is 5.84 Å². The fourth-order valence-electron chi connectivity index (χ4n) is 1.26. The lowest BCUT2D eigenvalue weighted by Gasteiger charge is -2.06. The molecule has 0 spiro atoms. The number of nitro benzene ring substituents is 1. The highest BCUT2D eigenvalue weighted by atomic mass is 16.6. The van der Waals surface area contributed by atoms with Crippen LogP contribution in [0.5, 0.6) is 5.75 Å². The zero-order chi connectivity index (χ0) is 12.8. The van der Waals surface area contributed by atoms with Crippen molar-refractivity contribution in [1.29, 1.82) is 0 Å². The molecular formula is C10H13N3O4. The van der Waals surface area contributed by atoms with Crippen molar-refractivity contribution >= 4 is 11.6 Å². The van der Waals surface area contributed by atoms with Crippen LogP contribution in [0.2, 0.25) is 0 Å². The molecule has 1 rings (SSSR count). The Labute approximate surface area is 97.7 Å². The lowest BCUT2D eigenvalue weighted by atomic mass is 10.2. The first-order valence-corrected chi connectivity index (χ1v) is 4.92. The second kappa shape index (κ2) is 5.80. The highest BCUT2D eigenvalue weighted by molar-refractivity contribution is 5.75. The molecule has 0 unspecified atom stereocenters. The van der Waals surface area contributed by atoms with E-state index in [0.29, 0.717) is 11.3 Å². The van der Waals surface area contributed by atoms with Crippen LogP contribution in [0.1, 0.15) is 12.0 Å². The highest BCUT2D eigenvalue weighted by Crippen LogP contribution is 2.22. The fourth-order valence-corrected chi connectivity index (χ4v) is 1.26. The number of nitrogens with two attached hydrogens (primary N) is 1. The molecule has 0 fully saturated rings. The van der Waals surface area contributed by atoms with Gasteiger partial charge in [-0.05, 0) is 19.1 Å². The normalized spacial score (nSPS) is 9.76. The summed E-state index contributed by atoms with van der Waals surface area (Å²) in [7, 11) is 0. The van der Waals surface area contributed by atoms with E-state index in [4.69, 9.17) is 10.6 Å². The minimum Gasteiger partial charge on any atom is -0.493 e. The van der Waals surface area contributed by atoms with Crippen molar-refractivity contribution < 1.29 is 14.5 Å². The van der Waals surface area contributed by atoms with Crippen LogP contribution in [0, 0.1) is 17.0 Å². The first-order chi connectivity index (χ1) is 8.04. The van der Waals surface area contributed by atoms with Gasteiger partial charge in [-0.1, -0.05) is 0 Å². The minimum absolute atomic E-state index is 0.0389. The summed E-state index contributed by atoms with van der Waals surface area (Å²) in [6.45, 7) is 1.79. The maximum atomic E-state index is 10.8. The van der Waals surface area contributed by atoms with Gasteiger partial charge in [0.25, 0.3) is 5.69 Å². The molecule has 0 aliphatic carbocycles. The number of amides is 1. The number of aryl methyl sites for hydroxylation is 1. The molecule has 0 bridgehead atoms. The predicted molar refractivity (Wildman–Crippen MR) is 60.3 cm³/mol. The maximum absolute atomic E-state index is 10.8. The summed E-state index contributed by atoms with van der Waals surface area (Å²) >= 11 is 0. The SMILES string of the molecule is Cc1cc(OCCC(=O)NN)ccc1[N+](=O)[O-]. The lowest BCUT2D eigenvalue weighted by molar-refractivity contribution is -0.385. The second-order valence-corrected chi connectivity index (χ2v) is 3.37. The van der Waals surface area contributed by atoms with Crippen LogP contribution in [0.15, 0.2) is 18.2 Å². The lowest BCUT2D eigenvalue weighted by Crippen LogP contribution is -2.31.